The van der Waals surface area contributed by atoms with Crippen LogP contribution in [0.4, 0.5) is 0 Å². The van der Waals surface area contributed by atoms with Gasteiger partial charge in [0.15, 0.2) is 5.76 Å². The molecule has 0 aliphatic rings. The molecule has 0 amide bonds. The Bertz CT molecular complexity index is 751. The highest BCUT2D eigenvalue weighted by atomic mass is 32.2. The van der Waals surface area contributed by atoms with E-state index >= 15 is 0 Å². The minimum absolute atomic E-state index is 0.106. The van der Waals surface area contributed by atoms with Crippen LogP contribution in [0.5, 0.6) is 0 Å². The third kappa shape index (κ3) is 3.56. The van der Waals surface area contributed by atoms with Gasteiger partial charge in [0.2, 0.25) is 10.0 Å². The molecule has 5 nitrogen and oxygen atoms in total. The zero-order valence-corrected chi connectivity index (χ0v) is 14.2. The van der Waals surface area contributed by atoms with Crippen LogP contribution in [0.15, 0.2) is 33.7 Å². The van der Waals surface area contributed by atoms with E-state index in [1.807, 2.05) is 39.8 Å². The van der Waals surface area contributed by atoms with Crippen LogP contribution < -0.4 is 4.72 Å². The molecule has 1 aromatic carbocycles. The molecule has 0 aliphatic heterocycles. The van der Waals surface area contributed by atoms with Gasteiger partial charge in [-0.15, -0.1) is 0 Å². The van der Waals surface area contributed by atoms with E-state index in [-0.39, 0.29) is 6.04 Å². The van der Waals surface area contributed by atoms with E-state index in [0.717, 1.165) is 17.7 Å². The molecule has 1 aromatic heterocycles. The first-order chi connectivity index (χ1) is 10.4. The van der Waals surface area contributed by atoms with Crippen LogP contribution in [0, 0.1) is 6.92 Å². The van der Waals surface area contributed by atoms with Crippen LogP contribution in [0.25, 0.3) is 11.3 Å². The monoisotopic (exact) mass is 322 g/mol. The number of nitrogens with zero attached hydrogens (tertiary/aromatic N) is 1. The van der Waals surface area contributed by atoms with Gasteiger partial charge in [0, 0.05) is 17.7 Å². The second-order valence-electron chi connectivity index (χ2n) is 5.44. The maximum Gasteiger partial charge on any atom is 0.241 e. The van der Waals surface area contributed by atoms with Crippen LogP contribution in [-0.4, -0.2) is 19.6 Å². The van der Waals surface area contributed by atoms with Gasteiger partial charge in [-0.05, 0) is 38.3 Å². The Labute approximate surface area is 131 Å². The lowest BCUT2D eigenvalue weighted by Gasteiger charge is -2.15. The van der Waals surface area contributed by atoms with Crippen molar-refractivity contribution < 1.29 is 12.9 Å². The van der Waals surface area contributed by atoms with Crippen LogP contribution in [0.3, 0.4) is 0 Å². The van der Waals surface area contributed by atoms with Crippen molar-refractivity contribution >= 4 is 10.0 Å². The van der Waals surface area contributed by atoms with Gasteiger partial charge in [0.25, 0.3) is 0 Å². The van der Waals surface area contributed by atoms with E-state index in [2.05, 4.69) is 9.88 Å². The lowest BCUT2D eigenvalue weighted by molar-refractivity contribution is 0.427. The minimum Gasteiger partial charge on any atom is -0.356 e. The number of aromatic nitrogens is 1. The molecule has 0 unspecified atom stereocenters. The van der Waals surface area contributed by atoms with E-state index in [1.54, 1.807) is 12.1 Å². The Hall–Kier alpha value is -1.66. The second kappa shape index (κ2) is 6.62. The molecule has 120 valence electrons. The number of benzene rings is 1. The number of hydrogen-bond donors (Lipinski definition) is 1. The van der Waals surface area contributed by atoms with Gasteiger partial charge >= 0.3 is 0 Å². The highest BCUT2D eigenvalue weighted by molar-refractivity contribution is 7.89. The number of aryl methyl sites for hydroxylation is 2. The topological polar surface area (TPSA) is 72.2 Å². The van der Waals surface area contributed by atoms with Gasteiger partial charge in [0.05, 0.1) is 10.6 Å². The molecule has 0 fully saturated rings. The normalized spacial score (nSPS) is 13.3. The van der Waals surface area contributed by atoms with Crippen molar-refractivity contribution in [3.63, 3.8) is 0 Å². The van der Waals surface area contributed by atoms with Crippen molar-refractivity contribution in [1.29, 1.82) is 0 Å². The van der Waals surface area contributed by atoms with Gasteiger partial charge in [-0.1, -0.05) is 31.1 Å². The molecule has 22 heavy (non-hydrogen) atoms. The Morgan fingerprint density at radius 2 is 2.00 bits per heavy atom. The number of sulfonamides is 1. The maximum absolute atomic E-state index is 12.6. The summed E-state index contributed by atoms with van der Waals surface area (Å²) in [6.45, 7) is 7.57. The summed E-state index contributed by atoms with van der Waals surface area (Å²) in [6, 6.07) is 7.04. The number of hydrogen-bond acceptors (Lipinski definition) is 4. The predicted octanol–water partition coefficient (Wildman–Crippen LogP) is 3.29. The summed E-state index contributed by atoms with van der Waals surface area (Å²) >= 11 is 0. The van der Waals surface area contributed by atoms with Crippen LogP contribution >= 0.6 is 0 Å². The Kier molecular flexibility index (Phi) is 5.03. The van der Waals surface area contributed by atoms with Gasteiger partial charge in [-0.3, -0.25) is 0 Å². The quantitative estimate of drug-likeness (QED) is 0.886. The molecule has 0 saturated carbocycles. The summed E-state index contributed by atoms with van der Waals surface area (Å²) in [6.07, 6.45) is 1.38. The van der Waals surface area contributed by atoms with Crippen molar-refractivity contribution in [3.05, 3.63) is 35.5 Å². The number of rotatable bonds is 6. The van der Waals surface area contributed by atoms with E-state index in [0.29, 0.717) is 22.6 Å². The molecule has 0 saturated heterocycles. The van der Waals surface area contributed by atoms with Crippen LogP contribution in [-0.2, 0) is 16.4 Å². The Morgan fingerprint density at radius 3 is 2.55 bits per heavy atom. The third-order valence-electron chi connectivity index (χ3n) is 3.62. The zero-order chi connectivity index (χ0) is 16.3. The lowest BCUT2D eigenvalue weighted by atomic mass is 10.1. The summed E-state index contributed by atoms with van der Waals surface area (Å²) < 4.78 is 33.2. The molecule has 0 aliphatic carbocycles. The van der Waals surface area contributed by atoms with Crippen molar-refractivity contribution in [1.82, 2.24) is 9.88 Å². The highest BCUT2D eigenvalue weighted by Crippen LogP contribution is 2.26. The standard InChI is InChI=1S/C16H22N2O3S/c1-5-11(3)18-22(19,20)16-10-14(8-7-13(16)6-2)15-9-12(4)17-21-15/h7-11,18H,5-6H2,1-4H3/t11-/m0/s1. The number of nitrogens with one attached hydrogen (secondary N) is 1. The first-order valence-corrected chi connectivity index (χ1v) is 8.94. The molecule has 2 aromatic rings. The zero-order valence-electron chi connectivity index (χ0n) is 13.4. The summed E-state index contributed by atoms with van der Waals surface area (Å²) in [5.74, 6) is 0.570. The van der Waals surface area contributed by atoms with Gasteiger partial charge < -0.3 is 4.52 Å². The van der Waals surface area contributed by atoms with Crippen molar-refractivity contribution in [3.8, 4) is 11.3 Å². The molecule has 6 heteroatoms. The van der Waals surface area contributed by atoms with E-state index < -0.39 is 10.0 Å². The first kappa shape index (κ1) is 16.7. The largest absolute Gasteiger partial charge is 0.356 e. The molecule has 0 radical (unpaired) electrons. The molecule has 1 atom stereocenters. The lowest BCUT2D eigenvalue weighted by Crippen LogP contribution is -2.32. The fraction of sp³-hybridized carbons (Fsp3) is 0.438. The van der Waals surface area contributed by atoms with Crippen molar-refractivity contribution in [2.45, 2.75) is 51.5 Å². The Balaban J connectivity index is 2.49. The van der Waals surface area contributed by atoms with Gasteiger partial charge in [-0.2, -0.15) is 0 Å². The molecule has 0 bridgehead atoms. The molecule has 1 heterocycles. The highest BCUT2D eigenvalue weighted by Gasteiger charge is 2.21. The van der Waals surface area contributed by atoms with E-state index in [4.69, 9.17) is 4.52 Å². The predicted molar refractivity (Wildman–Crippen MR) is 86.1 cm³/mol. The fourth-order valence-corrected chi connectivity index (χ4v) is 3.82. The summed E-state index contributed by atoms with van der Waals surface area (Å²) in [7, 11) is -3.55. The van der Waals surface area contributed by atoms with Crippen LogP contribution in [0.2, 0.25) is 0 Å². The summed E-state index contributed by atoms with van der Waals surface area (Å²) in [5.41, 5.74) is 2.26. The molecule has 1 N–H and O–H groups in total. The molecule has 0 spiro atoms. The molecular weight excluding hydrogens is 300 g/mol. The Morgan fingerprint density at radius 1 is 1.27 bits per heavy atom. The van der Waals surface area contributed by atoms with Crippen molar-refractivity contribution in [2.75, 3.05) is 0 Å². The fourth-order valence-electron chi connectivity index (χ4n) is 2.16. The van der Waals surface area contributed by atoms with Crippen LogP contribution in [0.1, 0.15) is 38.4 Å². The second-order valence-corrected chi connectivity index (χ2v) is 7.12. The minimum atomic E-state index is -3.55. The SMILES string of the molecule is CCc1ccc(-c2cc(C)no2)cc1S(=O)(=O)N[C@@H](C)CC. The van der Waals surface area contributed by atoms with Crippen molar-refractivity contribution in [2.24, 2.45) is 0 Å². The average Bonchev–Trinajstić information content (AvgIpc) is 2.92. The van der Waals surface area contributed by atoms with E-state index in [9.17, 15) is 8.42 Å². The summed E-state index contributed by atoms with van der Waals surface area (Å²) in [5, 5.41) is 3.85. The van der Waals surface area contributed by atoms with Gasteiger partial charge in [0.1, 0.15) is 0 Å². The molecule has 2 rings (SSSR count). The van der Waals surface area contributed by atoms with Gasteiger partial charge in [-0.25, -0.2) is 13.1 Å². The van der Waals surface area contributed by atoms with E-state index in [1.165, 1.54) is 0 Å². The molecular formula is C16H22N2O3S. The average molecular weight is 322 g/mol. The summed E-state index contributed by atoms with van der Waals surface area (Å²) in [4.78, 5) is 0.307. The third-order valence-corrected chi connectivity index (χ3v) is 5.29. The first-order valence-electron chi connectivity index (χ1n) is 7.46. The smallest absolute Gasteiger partial charge is 0.241 e. The maximum atomic E-state index is 12.6.